The average molecular weight is 255 g/mol. The fraction of sp³-hybridized carbons (Fsp3) is 0.900. The largest absolute Gasteiger partial charge is 0.490 e. The van der Waals surface area contributed by atoms with E-state index in [1.54, 1.807) is 0 Å². The number of hydrogen-bond donors (Lipinski definition) is 1. The molecule has 1 aliphatic rings. The quantitative estimate of drug-likeness (QED) is 0.616. The van der Waals surface area contributed by atoms with E-state index < -0.39 is 17.9 Å². The van der Waals surface area contributed by atoms with E-state index in [2.05, 4.69) is 4.74 Å². The summed E-state index contributed by atoms with van der Waals surface area (Å²) in [5.41, 5.74) is 4.10. The Hall–Kier alpha value is -0.820. The zero-order valence-electron chi connectivity index (χ0n) is 9.55. The number of rotatable bonds is 3. The highest BCUT2D eigenvalue weighted by Crippen LogP contribution is 2.31. The van der Waals surface area contributed by atoms with Gasteiger partial charge in [-0.2, -0.15) is 13.2 Å². The normalized spacial score (nSPS) is 30.1. The van der Waals surface area contributed by atoms with Crippen molar-refractivity contribution in [3.05, 3.63) is 0 Å². The minimum absolute atomic E-state index is 0.0127. The first-order valence-corrected chi connectivity index (χ1v) is 5.47. The summed E-state index contributed by atoms with van der Waals surface area (Å²) in [5.74, 6) is -2.23. The number of alkyl halides is 3. The van der Waals surface area contributed by atoms with Gasteiger partial charge in [-0.3, -0.25) is 5.73 Å². The molecule has 4 nitrogen and oxygen atoms in total. The van der Waals surface area contributed by atoms with Crippen molar-refractivity contribution in [2.24, 2.45) is 5.73 Å². The molecule has 0 aromatic carbocycles. The van der Waals surface area contributed by atoms with Crippen LogP contribution in [-0.4, -0.2) is 30.6 Å². The molecule has 1 fully saturated rings. The fourth-order valence-electron chi connectivity index (χ4n) is 1.83. The topological polar surface area (TPSA) is 61.6 Å². The number of carbonyl (C=O) groups is 1. The molecule has 1 saturated carbocycles. The molecule has 17 heavy (non-hydrogen) atoms. The summed E-state index contributed by atoms with van der Waals surface area (Å²) in [6, 6.07) is 0. The third kappa shape index (κ3) is 4.16. The number of ether oxygens (including phenoxy) is 2. The van der Waals surface area contributed by atoms with E-state index in [0.717, 1.165) is 0 Å². The van der Waals surface area contributed by atoms with Crippen LogP contribution in [0.3, 0.4) is 0 Å². The molecule has 0 bridgehead atoms. The van der Waals surface area contributed by atoms with Crippen molar-refractivity contribution < 1.29 is 27.4 Å². The van der Waals surface area contributed by atoms with Crippen LogP contribution in [0.25, 0.3) is 0 Å². The molecule has 100 valence electrons. The molecule has 0 radical (unpaired) electrons. The number of carbonyl (C=O) groups excluding carboxylic acids is 1. The number of esters is 1. The lowest BCUT2D eigenvalue weighted by molar-refractivity contribution is -0.218. The van der Waals surface area contributed by atoms with E-state index in [1.807, 2.05) is 6.92 Å². The summed E-state index contributed by atoms with van der Waals surface area (Å²) in [4.78, 5) is 10.7. The van der Waals surface area contributed by atoms with Crippen molar-refractivity contribution in [1.29, 1.82) is 0 Å². The third-order valence-corrected chi connectivity index (χ3v) is 2.71. The summed E-state index contributed by atoms with van der Waals surface area (Å²) >= 11 is 0. The Kier molecular flexibility index (Phi) is 4.37. The second kappa shape index (κ2) is 5.22. The van der Waals surface area contributed by atoms with E-state index in [4.69, 9.17) is 10.5 Å². The summed E-state index contributed by atoms with van der Waals surface area (Å²) in [6.07, 6.45) is -3.66. The van der Waals surface area contributed by atoms with Crippen LogP contribution in [0.1, 0.15) is 32.6 Å². The van der Waals surface area contributed by atoms with Crippen molar-refractivity contribution in [3.8, 4) is 0 Å². The fourth-order valence-corrected chi connectivity index (χ4v) is 1.83. The Bertz CT molecular complexity index is 272. The smallest absolute Gasteiger partial charge is 0.437 e. The zero-order valence-corrected chi connectivity index (χ0v) is 9.55. The van der Waals surface area contributed by atoms with Crippen LogP contribution in [0.5, 0.6) is 0 Å². The highest BCUT2D eigenvalue weighted by molar-refractivity contribution is 5.76. The minimum Gasteiger partial charge on any atom is -0.437 e. The van der Waals surface area contributed by atoms with Crippen LogP contribution in [0.4, 0.5) is 13.2 Å². The highest BCUT2D eigenvalue weighted by Gasteiger charge is 2.46. The van der Waals surface area contributed by atoms with Gasteiger partial charge in [0.1, 0.15) is 0 Å². The number of halogens is 3. The lowest BCUT2D eigenvalue weighted by atomic mass is 9.90. The molecule has 0 amide bonds. The first kappa shape index (κ1) is 14.2. The molecule has 7 heteroatoms. The average Bonchev–Trinajstić information content (AvgIpc) is 2.20. The summed E-state index contributed by atoms with van der Waals surface area (Å²) in [5, 5.41) is 0. The standard InChI is InChI=1S/C10H16F3NO3/c1-2-16-7-3-5-9(14,6-4-7)17-8(15)10(11,12)13/h7H,2-6,14H2,1H3. The second-order valence-corrected chi connectivity index (χ2v) is 4.11. The van der Waals surface area contributed by atoms with Crippen molar-refractivity contribution in [1.82, 2.24) is 0 Å². The van der Waals surface area contributed by atoms with Gasteiger partial charge in [-0.05, 0) is 19.8 Å². The summed E-state index contributed by atoms with van der Waals surface area (Å²) in [7, 11) is 0. The van der Waals surface area contributed by atoms with Crippen molar-refractivity contribution >= 4 is 5.97 Å². The van der Waals surface area contributed by atoms with Gasteiger partial charge >= 0.3 is 12.1 Å². The zero-order chi connectivity index (χ0) is 13.1. The summed E-state index contributed by atoms with van der Waals surface area (Å²) < 4.78 is 45.7. The van der Waals surface area contributed by atoms with Crippen LogP contribution in [0.15, 0.2) is 0 Å². The monoisotopic (exact) mass is 255 g/mol. The maximum Gasteiger partial charge on any atom is 0.490 e. The van der Waals surface area contributed by atoms with Crippen LogP contribution >= 0.6 is 0 Å². The molecule has 2 N–H and O–H groups in total. The first-order chi connectivity index (χ1) is 7.77. The van der Waals surface area contributed by atoms with Crippen LogP contribution in [-0.2, 0) is 14.3 Å². The Labute approximate surface area is 97.2 Å². The van der Waals surface area contributed by atoms with Crippen molar-refractivity contribution in [2.45, 2.75) is 50.6 Å². The Morgan fingerprint density at radius 1 is 1.41 bits per heavy atom. The lowest BCUT2D eigenvalue weighted by Gasteiger charge is -2.36. The number of nitrogens with two attached hydrogens (primary N) is 1. The van der Waals surface area contributed by atoms with Crippen LogP contribution in [0, 0.1) is 0 Å². The van der Waals surface area contributed by atoms with E-state index in [-0.39, 0.29) is 18.9 Å². The second-order valence-electron chi connectivity index (χ2n) is 4.11. The van der Waals surface area contributed by atoms with Gasteiger partial charge < -0.3 is 9.47 Å². The van der Waals surface area contributed by atoms with E-state index in [1.165, 1.54) is 0 Å². The molecule has 1 rings (SSSR count). The predicted octanol–water partition coefficient (Wildman–Crippen LogP) is 1.73. The molecule has 0 heterocycles. The Morgan fingerprint density at radius 3 is 2.35 bits per heavy atom. The van der Waals surface area contributed by atoms with Crippen molar-refractivity contribution in [2.75, 3.05) is 6.61 Å². The maximum atomic E-state index is 12.0. The molecule has 0 aromatic heterocycles. The summed E-state index contributed by atoms with van der Waals surface area (Å²) in [6.45, 7) is 2.39. The van der Waals surface area contributed by atoms with E-state index in [9.17, 15) is 18.0 Å². The third-order valence-electron chi connectivity index (χ3n) is 2.71. The van der Waals surface area contributed by atoms with Gasteiger partial charge in [0.05, 0.1) is 6.10 Å². The molecule has 0 saturated heterocycles. The van der Waals surface area contributed by atoms with Gasteiger partial charge in [-0.1, -0.05) is 0 Å². The van der Waals surface area contributed by atoms with Gasteiger partial charge in [0, 0.05) is 19.4 Å². The van der Waals surface area contributed by atoms with Gasteiger partial charge in [0.2, 0.25) is 0 Å². The van der Waals surface area contributed by atoms with Crippen molar-refractivity contribution in [3.63, 3.8) is 0 Å². The predicted molar refractivity (Wildman–Crippen MR) is 52.9 cm³/mol. The lowest BCUT2D eigenvalue weighted by Crippen LogP contribution is -2.50. The maximum absolute atomic E-state index is 12.0. The van der Waals surface area contributed by atoms with Crippen LogP contribution in [0.2, 0.25) is 0 Å². The van der Waals surface area contributed by atoms with Gasteiger partial charge in [0.25, 0.3) is 0 Å². The molecular weight excluding hydrogens is 239 g/mol. The molecule has 0 spiro atoms. The van der Waals surface area contributed by atoms with E-state index in [0.29, 0.717) is 19.4 Å². The van der Waals surface area contributed by atoms with Gasteiger partial charge in [-0.25, -0.2) is 4.79 Å². The van der Waals surface area contributed by atoms with E-state index >= 15 is 0 Å². The Balaban J connectivity index is 2.47. The Morgan fingerprint density at radius 2 is 1.94 bits per heavy atom. The molecule has 0 aromatic rings. The SMILES string of the molecule is CCOC1CCC(N)(OC(=O)C(F)(F)F)CC1. The molecule has 0 aliphatic heterocycles. The molecule has 0 atom stereocenters. The number of hydrogen-bond acceptors (Lipinski definition) is 4. The molecule has 1 aliphatic carbocycles. The minimum atomic E-state index is -5.00. The molecular formula is C10H16F3NO3. The van der Waals surface area contributed by atoms with Crippen LogP contribution < -0.4 is 5.73 Å². The highest BCUT2D eigenvalue weighted by atomic mass is 19.4. The first-order valence-electron chi connectivity index (χ1n) is 5.47. The van der Waals surface area contributed by atoms with Gasteiger partial charge in [-0.15, -0.1) is 0 Å². The van der Waals surface area contributed by atoms with Gasteiger partial charge in [0.15, 0.2) is 5.72 Å². The molecule has 0 unspecified atom stereocenters.